The summed E-state index contributed by atoms with van der Waals surface area (Å²) in [6.07, 6.45) is 3.02. The van der Waals surface area contributed by atoms with Crippen LogP contribution in [0.4, 0.5) is 10.1 Å². The summed E-state index contributed by atoms with van der Waals surface area (Å²) in [5.41, 5.74) is 0.175. The van der Waals surface area contributed by atoms with Gasteiger partial charge in [0.2, 0.25) is 5.82 Å². The van der Waals surface area contributed by atoms with Crippen LogP contribution in [0.5, 0.6) is 0 Å². The molecule has 1 aromatic heterocycles. The largest absolute Gasteiger partial charge is 0.498 e. The van der Waals surface area contributed by atoms with Crippen LogP contribution in [-0.2, 0) is 9.31 Å². The molecule has 2 aromatic rings. The molecule has 25 heavy (non-hydrogen) atoms. The molecule has 0 bridgehead atoms. The Morgan fingerprint density at radius 2 is 1.56 bits per heavy atom. The van der Waals surface area contributed by atoms with Crippen molar-refractivity contribution >= 4 is 24.2 Å². The van der Waals surface area contributed by atoms with Crippen LogP contribution in [0.15, 0.2) is 36.7 Å². The smallest absolute Gasteiger partial charge is 0.399 e. The van der Waals surface area contributed by atoms with E-state index in [2.05, 4.69) is 15.3 Å². The maximum atomic E-state index is 12.9. The number of rotatable bonds is 3. The minimum absolute atomic E-state index is 0.00425. The average Bonchev–Trinajstić information content (AvgIpc) is 2.78. The van der Waals surface area contributed by atoms with Crippen LogP contribution in [0, 0.1) is 5.82 Å². The lowest BCUT2D eigenvalue weighted by Crippen LogP contribution is -2.41. The van der Waals surface area contributed by atoms with Gasteiger partial charge in [0.05, 0.1) is 11.2 Å². The number of carbonyl (C=O) groups excluding carboxylic acids is 1. The van der Waals surface area contributed by atoms with Crippen LogP contribution >= 0.6 is 0 Å². The number of hydrogen-bond acceptors (Lipinski definition) is 5. The third kappa shape index (κ3) is 3.55. The fourth-order valence-corrected chi connectivity index (χ4v) is 2.28. The average molecular weight is 343 g/mol. The predicted molar refractivity (Wildman–Crippen MR) is 92.1 cm³/mol. The summed E-state index contributed by atoms with van der Waals surface area (Å²) < 4.78 is 24.7. The molecule has 0 aliphatic carbocycles. The van der Waals surface area contributed by atoms with Gasteiger partial charge in [0, 0.05) is 23.5 Å². The molecule has 130 valence electrons. The number of anilines is 1. The summed E-state index contributed by atoms with van der Waals surface area (Å²) in [7, 11) is -0.584. The van der Waals surface area contributed by atoms with Crippen molar-refractivity contribution in [3.8, 4) is 0 Å². The number of amides is 1. The molecular formula is C17H19BFN3O3. The van der Waals surface area contributed by atoms with E-state index < -0.39 is 24.2 Å². The monoisotopic (exact) mass is 343 g/mol. The van der Waals surface area contributed by atoms with Gasteiger partial charge in [0.15, 0.2) is 0 Å². The van der Waals surface area contributed by atoms with Gasteiger partial charge >= 0.3 is 7.12 Å². The SMILES string of the molecule is CC1(C)OB(c2cnc(C(=O)Nc3ccc(F)cc3)nc2)OC1(C)C. The maximum absolute atomic E-state index is 12.9. The molecule has 3 rings (SSSR count). The van der Waals surface area contributed by atoms with Gasteiger partial charge in [-0.2, -0.15) is 0 Å². The van der Waals surface area contributed by atoms with Crippen molar-refractivity contribution in [1.29, 1.82) is 0 Å². The maximum Gasteiger partial charge on any atom is 0.498 e. The normalized spacial score (nSPS) is 18.2. The minimum atomic E-state index is -0.584. The second-order valence-corrected chi connectivity index (χ2v) is 6.89. The van der Waals surface area contributed by atoms with Crippen LogP contribution in [0.25, 0.3) is 0 Å². The molecule has 0 atom stereocenters. The third-order valence-electron chi connectivity index (χ3n) is 4.50. The zero-order chi connectivity index (χ0) is 18.2. The van der Waals surface area contributed by atoms with Gasteiger partial charge in [-0.15, -0.1) is 0 Å². The van der Waals surface area contributed by atoms with E-state index in [9.17, 15) is 9.18 Å². The summed E-state index contributed by atoms with van der Waals surface area (Å²) >= 11 is 0. The molecule has 1 aliphatic heterocycles. The first kappa shape index (κ1) is 17.5. The van der Waals surface area contributed by atoms with Crippen molar-refractivity contribution in [3.05, 3.63) is 48.3 Å². The Morgan fingerprint density at radius 1 is 1.04 bits per heavy atom. The molecule has 1 fully saturated rings. The second-order valence-electron chi connectivity index (χ2n) is 6.89. The number of halogens is 1. The highest BCUT2D eigenvalue weighted by atomic mass is 19.1. The summed E-state index contributed by atoms with van der Waals surface area (Å²) in [4.78, 5) is 20.3. The lowest BCUT2D eigenvalue weighted by atomic mass is 9.81. The highest BCUT2D eigenvalue weighted by Gasteiger charge is 2.51. The summed E-state index contributed by atoms with van der Waals surface area (Å²) in [6.45, 7) is 7.83. The standard InChI is InChI=1S/C17H19BFN3O3/c1-16(2)17(3,4)25-18(24-16)11-9-20-14(21-10-11)15(23)22-13-7-5-12(19)6-8-13/h5-10H,1-4H3,(H,22,23). The van der Waals surface area contributed by atoms with Crippen molar-refractivity contribution < 1.29 is 18.5 Å². The fourth-order valence-electron chi connectivity index (χ4n) is 2.28. The molecule has 0 radical (unpaired) electrons. The van der Waals surface area contributed by atoms with Crippen molar-refractivity contribution in [3.63, 3.8) is 0 Å². The van der Waals surface area contributed by atoms with E-state index >= 15 is 0 Å². The highest BCUT2D eigenvalue weighted by molar-refractivity contribution is 6.61. The van der Waals surface area contributed by atoms with E-state index in [1.165, 1.54) is 36.7 Å². The first-order valence-corrected chi connectivity index (χ1v) is 7.92. The molecule has 1 aliphatic rings. The van der Waals surface area contributed by atoms with Gasteiger partial charge in [-0.25, -0.2) is 14.4 Å². The Labute approximate surface area is 145 Å². The summed E-state index contributed by atoms with van der Waals surface area (Å²) in [5, 5.41) is 2.61. The Hall–Kier alpha value is -2.32. The molecule has 0 saturated carbocycles. The number of carbonyl (C=O) groups is 1. The summed E-state index contributed by atoms with van der Waals surface area (Å²) in [5.74, 6) is -0.849. The predicted octanol–water partition coefficient (Wildman–Crippen LogP) is 2.17. The van der Waals surface area contributed by atoms with E-state index in [-0.39, 0.29) is 11.6 Å². The Kier molecular flexibility index (Phi) is 4.34. The first-order valence-electron chi connectivity index (χ1n) is 7.92. The van der Waals surface area contributed by atoms with E-state index in [0.717, 1.165) is 0 Å². The molecule has 1 saturated heterocycles. The summed E-state index contributed by atoms with van der Waals surface area (Å²) in [6, 6.07) is 5.45. The van der Waals surface area contributed by atoms with Gasteiger partial charge in [-0.1, -0.05) is 0 Å². The Bertz CT molecular complexity index is 763. The molecule has 6 nitrogen and oxygen atoms in total. The zero-order valence-electron chi connectivity index (χ0n) is 14.5. The quantitative estimate of drug-likeness (QED) is 0.865. The first-order chi connectivity index (χ1) is 11.7. The topological polar surface area (TPSA) is 73.3 Å². The number of benzene rings is 1. The number of aromatic nitrogens is 2. The van der Waals surface area contributed by atoms with Crippen molar-refractivity contribution in [2.45, 2.75) is 38.9 Å². The number of hydrogen-bond donors (Lipinski definition) is 1. The minimum Gasteiger partial charge on any atom is -0.399 e. The third-order valence-corrected chi connectivity index (χ3v) is 4.50. The van der Waals surface area contributed by atoms with E-state index in [0.29, 0.717) is 11.2 Å². The van der Waals surface area contributed by atoms with Gasteiger partial charge < -0.3 is 14.6 Å². The molecule has 1 N–H and O–H groups in total. The van der Waals surface area contributed by atoms with Gasteiger partial charge in [-0.3, -0.25) is 4.79 Å². The van der Waals surface area contributed by atoms with Crippen LogP contribution < -0.4 is 10.8 Å². The lowest BCUT2D eigenvalue weighted by molar-refractivity contribution is 0.00578. The highest BCUT2D eigenvalue weighted by Crippen LogP contribution is 2.36. The molecule has 8 heteroatoms. The fraction of sp³-hybridized carbons (Fsp3) is 0.353. The molecular weight excluding hydrogens is 324 g/mol. The Balaban J connectivity index is 1.70. The van der Waals surface area contributed by atoms with Crippen LogP contribution in [0.2, 0.25) is 0 Å². The number of nitrogens with zero attached hydrogens (tertiary/aromatic N) is 2. The van der Waals surface area contributed by atoms with Crippen molar-refractivity contribution in [2.24, 2.45) is 0 Å². The molecule has 1 aromatic carbocycles. The molecule has 0 spiro atoms. The van der Waals surface area contributed by atoms with Crippen LogP contribution in [0.1, 0.15) is 38.3 Å². The van der Waals surface area contributed by atoms with Crippen LogP contribution in [-0.4, -0.2) is 34.2 Å². The number of nitrogens with one attached hydrogen (secondary N) is 1. The lowest BCUT2D eigenvalue weighted by Gasteiger charge is -2.32. The van der Waals surface area contributed by atoms with Gasteiger partial charge in [0.25, 0.3) is 5.91 Å². The van der Waals surface area contributed by atoms with Crippen LogP contribution in [0.3, 0.4) is 0 Å². The zero-order valence-corrected chi connectivity index (χ0v) is 14.5. The van der Waals surface area contributed by atoms with Gasteiger partial charge in [0.1, 0.15) is 5.82 Å². The second kappa shape index (κ2) is 6.20. The Morgan fingerprint density at radius 3 is 2.08 bits per heavy atom. The van der Waals surface area contributed by atoms with Crippen molar-refractivity contribution in [2.75, 3.05) is 5.32 Å². The molecule has 1 amide bonds. The van der Waals surface area contributed by atoms with E-state index in [1.54, 1.807) is 0 Å². The van der Waals surface area contributed by atoms with Crippen molar-refractivity contribution in [1.82, 2.24) is 9.97 Å². The van der Waals surface area contributed by atoms with E-state index in [4.69, 9.17) is 9.31 Å². The van der Waals surface area contributed by atoms with E-state index in [1.807, 2.05) is 27.7 Å². The molecule has 2 heterocycles. The molecule has 0 unspecified atom stereocenters. The van der Waals surface area contributed by atoms with Gasteiger partial charge in [-0.05, 0) is 52.0 Å².